The fraction of sp³-hybridized carbons (Fsp3) is 0.474. The molecular formula is C19H22F3N3OS. The second kappa shape index (κ2) is 7.98. The van der Waals surface area contributed by atoms with Crippen molar-refractivity contribution in [2.75, 3.05) is 32.1 Å². The van der Waals surface area contributed by atoms with Crippen molar-refractivity contribution >= 4 is 22.3 Å². The molecule has 1 saturated heterocycles. The number of rotatable bonds is 5. The molecule has 3 rings (SSSR count). The van der Waals surface area contributed by atoms with E-state index >= 15 is 0 Å². The first kappa shape index (κ1) is 19.8. The number of ketones is 1. The Morgan fingerprint density at radius 2 is 2.15 bits per heavy atom. The number of anilines is 1. The third-order valence-electron chi connectivity index (χ3n) is 4.65. The molecule has 1 aromatic heterocycles. The molecule has 27 heavy (non-hydrogen) atoms. The topological polar surface area (TPSA) is 36.4 Å². The van der Waals surface area contributed by atoms with Gasteiger partial charge in [-0.15, -0.1) is 11.3 Å². The highest BCUT2D eigenvalue weighted by molar-refractivity contribution is 7.15. The van der Waals surface area contributed by atoms with Gasteiger partial charge in [0.15, 0.2) is 10.9 Å². The Labute approximate surface area is 160 Å². The predicted molar refractivity (Wildman–Crippen MR) is 100 cm³/mol. The zero-order valence-corrected chi connectivity index (χ0v) is 16.1. The van der Waals surface area contributed by atoms with Gasteiger partial charge in [-0.1, -0.05) is 12.1 Å². The molecule has 0 saturated carbocycles. The molecule has 2 aromatic rings. The Hall–Kier alpha value is -1.93. The van der Waals surface area contributed by atoms with Crippen LogP contribution in [0.5, 0.6) is 0 Å². The number of piperidine rings is 1. The molecule has 1 aliphatic heterocycles. The number of alkyl halides is 3. The number of benzene rings is 1. The molecule has 0 amide bonds. The van der Waals surface area contributed by atoms with Gasteiger partial charge in [0.05, 0.1) is 5.56 Å². The highest BCUT2D eigenvalue weighted by atomic mass is 32.1. The molecule has 0 aliphatic carbocycles. The van der Waals surface area contributed by atoms with Crippen molar-refractivity contribution in [3.63, 3.8) is 0 Å². The van der Waals surface area contributed by atoms with Gasteiger partial charge in [-0.2, -0.15) is 13.2 Å². The first-order valence-electron chi connectivity index (χ1n) is 8.80. The van der Waals surface area contributed by atoms with Crippen molar-refractivity contribution in [1.29, 1.82) is 0 Å². The summed E-state index contributed by atoms with van der Waals surface area (Å²) in [4.78, 5) is 22.4. The zero-order valence-electron chi connectivity index (χ0n) is 15.3. The Kier molecular flexibility index (Phi) is 5.86. The van der Waals surface area contributed by atoms with Gasteiger partial charge in [0.1, 0.15) is 0 Å². The van der Waals surface area contributed by atoms with E-state index < -0.39 is 11.7 Å². The minimum absolute atomic E-state index is 0.143. The van der Waals surface area contributed by atoms with E-state index in [1.165, 1.54) is 12.1 Å². The highest BCUT2D eigenvalue weighted by Crippen LogP contribution is 2.31. The lowest BCUT2D eigenvalue weighted by Gasteiger charge is -2.31. The number of carbonyl (C=O) groups excluding carboxylic acids is 1. The summed E-state index contributed by atoms with van der Waals surface area (Å²) in [7, 11) is 3.88. The van der Waals surface area contributed by atoms with E-state index in [1.807, 2.05) is 25.2 Å². The molecule has 1 fully saturated rings. The van der Waals surface area contributed by atoms with Gasteiger partial charge in [0.25, 0.3) is 0 Å². The van der Waals surface area contributed by atoms with Crippen LogP contribution in [0, 0.1) is 5.92 Å². The summed E-state index contributed by atoms with van der Waals surface area (Å²) in [6, 6.07) is 4.74. The summed E-state index contributed by atoms with van der Waals surface area (Å²) >= 11 is 1.61. The Balaban J connectivity index is 1.67. The number of Topliss-reactive ketones (excluding diaryl/α,β-unsaturated/α-hetero) is 1. The average Bonchev–Trinajstić information content (AvgIpc) is 3.09. The third-order valence-corrected chi connectivity index (χ3v) is 5.80. The molecular weight excluding hydrogens is 375 g/mol. The summed E-state index contributed by atoms with van der Waals surface area (Å²) in [5.74, 6) is -0.479. The first-order valence-corrected chi connectivity index (χ1v) is 9.61. The van der Waals surface area contributed by atoms with Crippen LogP contribution in [0.15, 0.2) is 30.5 Å². The molecule has 1 aliphatic rings. The van der Waals surface area contributed by atoms with Crippen LogP contribution >= 0.6 is 11.3 Å². The number of halogens is 3. The molecule has 4 nitrogen and oxygen atoms in total. The smallest absolute Gasteiger partial charge is 0.354 e. The Bertz CT molecular complexity index is 803. The van der Waals surface area contributed by atoms with Gasteiger partial charge in [0, 0.05) is 49.7 Å². The number of hydrogen-bond donors (Lipinski definition) is 0. The van der Waals surface area contributed by atoms with Crippen LogP contribution in [0.3, 0.4) is 0 Å². The quantitative estimate of drug-likeness (QED) is 0.704. The van der Waals surface area contributed by atoms with E-state index in [1.54, 1.807) is 11.3 Å². The van der Waals surface area contributed by atoms with Gasteiger partial charge in [-0.05, 0) is 31.5 Å². The SMILES string of the molecule is CN(C)c1ncc(CN2CCC[C@@H](C(=O)c3cccc(C(F)(F)F)c3)C2)s1. The molecule has 1 aromatic carbocycles. The van der Waals surface area contributed by atoms with Crippen molar-refractivity contribution in [3.8, 4) is 0 Å². The average molecular weight is 397 g/mol. The molecule has 0 radical (unpaired) electrons. The van der Waals surface area contributed by atoms with Crippen LogP contribution in [0.1, 0.15) is 33.6 Å². The van der Waals surface area contributed by atoms with Crippen LogP contribution < -0.4 is 4.90 Å². The van der Waals surface area contributed by atoms with Crippen molar-refractivity contribution in [3.05, 3.63) is 46.5 Å². The maximum absolute atomic E-state index is 12.9. The molecule has 0 bridgehead atoms. The minimum Gasteiger partial charge on any atom is -0.354 e. The van der Waals surface area contributed by atoms with E-state index in [2.05, 4.69) is 9.88 Å². The zero-order chi connectivity index (χ0) is 19.6. The van der Waals surface area contributed by atoms with Crippen molar-refractivity contribution in [2.24, 2.45) is 5.92 Å². The molecule has 8 heteroatoms. The van der Waals surface area contributed by atoms with Crippen LogP contribution in [-0.2, 0) is 12.7 Å². The van der Waals surface area contributed by atoms with E-state index in [-0.39, 0.29) is 17.3 Å². The van der Waals surface area contributed by atoms with Gasteiger partial charge in [-0.3, -0.25) is 9.69 Å². The van der Waals surface area contributed by atoms with E-state index in [9.17, 15) is 18.0 Å². The lowest BCUT2D eigenvalue weighted by molar-refractivity contribution is -0.137. The Morgan fingerprint density at radius 3 is 2.81 bits per heavy atom. The highest BCUT2D eigenvalue weighted by Gasteiger charge is 2.32. The van der Waals surface area contributed by atoms with Crippen molar-refractivity contribution in [2.45, 2.75) is 25.6 Å². The lowest BCUT2D eigenvalue weighted by atomic mass is 9.89. The summed E-state index contributed by atoms with van der Waals surface area (Å²) in [6.45, 7) is 2.14. The third kappa shape index (κ3) is 4.87. The largest absolute Gasteiger partial charge is 0.416 e. The Morgan fingerprint density at radius 1 is 1.37 bits per heavy atom. The second-order valence-electron chi connectivity index (χ2n) is 7.02. The van der Waals surface area contributed by atoms with Gasteiger partial charge in [0.2, 0.25) is 0 Å². The molecule has 0 unspecified atom stereocenters. The summed E-state index contributed by atoms with van der Waals surface area (Å²) in [5, 5.41) is 0.929. The number of thiazole rings is 1. The molecule has 0 spiro atoms. The maximum Gasteiger partial charge on any atom is 0.416 e. The number of likely N-dealkylation sites (tertiary alicyclic amines) is 1. The van der Waals surface area contributed by atoms with Crippen molar-refractivity contribution < 1.29 is 18.0 Å². The monoisotopic (exact) mass is 397 g/mol. The van der Waals surface area contributed by atoms with E-state index in [0.29, 0.717) is 19.5 Å². The van der Waals surface area contributed by atoms with Gasteiger partial charge < -0.3 is 4.90 Å². The summed E-state index contributed by atoms with van der Waals surface area (Å²) < 4.78 is 38.7. The number of hydrogen-bond acceptors (Lipinski definition) is 5. The summed E-state index contributed by atoms with van der Waals surface area (Å²) in [5.41, 5.74) is -0.633. The molecule has 146 valence electrons. The van der Waals surface area contributed by atoms with E-state index in [0.717, 1.165) is 35.1 Å². The van der Waals surface area contributed by atoms with Crippen molar-refractivity contribution in [1.82, 2.24) is 9.88 Å². The van der Waals surface area contributed by atoms with Gasteiger partial charge >= 0.3 is 6.18 Å². The van der Waals surface area contributed by atoms with Crippen LogP contribution in [0.2, 0.25) is 0 Å². The van der Waals surface area contributed by atoms with Gasteiger partial charge in [-0.25, -0.2) is 4.98 Å². The first-order chi connectivity index (χ1) is 12.7. The molecule has 1 atom stereocenters. The van der Waals surface area contributed by atoms with E-state index in [4.69, 9.17) is 0 Å². The fourth-order valence-electron chi connectivity index (χ4n) is 3.30. The second-order valence-corrected chi connectivity index (χ2v) is 8.11. The fourth-order valence-corrected chi connectivity index (χ4v) is 4.17. The number of nitrogens with zero attached hydrogens (tertiary/aromatic N) is 3. The minimum atomic E-state index is -4.44. The van der Waals surface area contributed by atoms with Crippen LogP contribution in [0.4, 0.5) is 18.3 Å². The normalized spacial score (nSPS) is 18.5. The van der Waals surface area contributed by atoms with Crippen LogP contribution in [0.25, 0.3) is 0 Å². The maximum atomic E-state index is 12.9. The number of carbonyl (C=O) groups is 1. The number of aromatic nitrogens is 1. The standard InChI is InChI=1S/C19H22F3N3OS/c1-24(2)18-23-10-16(27-18)12-25-8-4-6-14(11-25)17(26)13-5-3-7-15(9-13)19(20,21)22/h3,5,7,9-10,14H,4,6,8,11-12H2,1-2H3/t14-/m1/s1. The van der Waals surface area contributed by atoms with Crippen LogP contribution in [-0.4, -0.2) is 42.9 Å². The molecule has 2 heterocycles. The predicted octanol–water partition coefficient (Wildman–Crippen LogP) is 4.32. The lowest BCUT2D eigenvalue weighted by Crippen LogP contribution is -2.38. The summed E-state index contributed by atoms with van der Waals surface area (Å²) in [6.07, 6.45) is -1.03. The molecule has 0 N–H and O–H groups in total.